The van der Waals surface area contributed by atoms with Gasteiger partial charge < -0.3 is 15.4 Å². The molecule has 19 heavy (non-hydrogen) atoms. The molecule has 0 aliphatic carbocycles. The van der Waals surface area contributed by atoms with Crippen LogP contribution in [0.5, 0.6) is 5.75 Å². The van der Waals surface area contributed by atoms with E-state index in [-0.39, 0.29) is 17.5 Å². The van der Waals surface area contributed by atoms with Crippen molar-refractivity contribution in [1.82, 2.24) is 4.90 Å². The fourth-order valence-electron chi connectivity index (χ4n) is 2.47. The van der Waals surface area contributed by atoms with Crippen molar-refractivity contribution in [3.8, 4) is 5.75 Å². The van der Waals surface area contributed by atoms with Gasteiger partial charge in [0.1, 0.15) is 5.75 Å². The third kappa shape index (κ3) is 2.49. The summed E-state index contributed by atoms with van der Waals surface area (Å²) in [7, 11) is 1.57. The number of carbonyl (C=O) groups is 1. The average Bonchev–Trinajstić information content (AvgIpc) is 2.63. The average molecular weight is 327 g/mol. The molecule has 1 saturated heterocycles. The number of carbonyl (C=O) groups excluding carboxylic acids is 1. The van der Waals surface area contributed by atoms with Crippen LogP contribution in [0.1, 0.15) is 30.6 Å². The van der Waals surface area contributed by atoms with Gasteiger partial charge in [-0.25, -0.2) is 0 Å². The second-order valence-electron chi connectivity index (χ2n) is 5.35. The number of halogens is 1. The molecule has 1 aromatic carbocycles. The molecule has 0 bridgehead atoms. The molecule has 1 fully saturated rings. The molecule has 0 radical (unpaired) electrons. The number of nitrogens with two attached hydrogens (primary N) is 1. The predicted molar refractivity (Wildman–Crippen MR) is 78.4 cm³/mol. The first kappa shape index (κ1) is 14.3. The lowest BCUT2D eigenvalue weighted by atomic mass is 9.96. The Bertz CT molecular complexity index is 502. The molecular weight excluding hydrogens is 308 g/mol. The molecule has 104 valence electrons. The van der Waals surface area contributed by atoms with E-state index in [0.717, 1.165) is 10.9 Å². The highest BCUT2D eigenvalue weighted by atomic mass is 79.9. The van der Waals surface area contributed by atoms with Crippen LogP contribution in [-0.4, -0.2) is 36.0 Å². The zero-order chi connectivity index (χ0) is 14.2. The number of amides is 1. The van der Waals surface area contributed by atoms with Crippen LogP contribution in [0.25, 0.3) is 0 Å². The SMILES string of the molecule is COc1ccc(Br)cc1C(=O)N1CCC(N)C1(C)C. The van der Waals surface area contributed by atoms with Crippen molar-refractivity contribution >= 4 is 21.8 Å². The third-order valence-corrected chi connectivity index (χ3v) is 4.40. The number of rotatable bonds is 2. The van der Waals surface area contributed by atoms with Crippen LogP contribution < -0.4 is 10.5 Å². The van der Waals surface area contributed by atoms with Crippen LogP contribution in [0, 0.1) is 0 Å². The quantitative estimate of drug-likeness (QED) is 0.908. The lowest BCUT2D eigenvalue weighted by molar-refractivity contribution is 0.0633. The minimum Gasteiger partial charge on any atom is -0.496 e. The van der Waals surface area contributed by atoms with Crippen LogP contribution in [0.3, 0.4) is 0 Å². The Kier molecular flexibility index (Phi) is 3.87. The summed E-state index contributed by atoms with van der Waals surface area (Å²) in [5.41, 5.74) is 6.32. The fraction of sp³-hybridized carbons (Fsp3) is 0.500. The maximum absolute atomic E-state index is 12.7. The normalized spacial score (nSPS) is 21.5. The van der Waals surface area contributed by atoms with Crippen molar-refractivity contribution in [2.75, 3.05) is 13.7 Å². The van der Waals surface area contributed by atoms with Crippen molar-refractivity contribution < 1.29 is 9.53 Å². The van der Waals surface area contributed by atoms with Crippen molar-refractivity contribution in [3.05, 3.63) is 28.2 Å². The Morgan fingerprint density at radius 3 is 2.74 bits per heavy atom. The Balaban J connectivity index is 2.37. The second-order valence-corrected chi connectivity index (χ2v) is 6.27. The highest BCUT2D eigenvalue weighted by Gasteiger charge is 2.42. The van der Waals surface area contributed by atoms with Gasteiger partial charge in [0.15, 0.2) is 0 Å². The molecule has 4 nitrogen and oxygen atoms in total. The first-order valence-electron chi connectivity index (χ1n) is 6.29. The van der Waals surface area contributed by atoms with Gasteiger partial charge >= 0.3 is 0 Å². The van der Waals surface area contributed by atoms with Gasteiger partial charge in [-0.15, -0.1) is 0 Å². The van der Waals surface area contributed by atoms with Crippen LogP contribution >= 0.6 is 15.9 Å². The molecule has 5 heteroatoms. The smallest absolute Gasteiger partial charge is 0.258 e. The highest BCUT2D eigenvalue weighted by Crippen LogP contribution is 2.32. The number of ether oxygens (including phenoxy) is 1. The molecule has 0 saturated carbocycles. The number of benzene rings is 1. The molecule has 0 aromatic heterocycles. The van der Waals surface area contributed by atoms with Crippen LogP contribution in [0.2, 0.25) is 0 Å². The standard InChI is InChI=1S/C14H19BrN2O2/c1-14(2)12(16)6-7-17(14)13(18)10-8-9(15)4-5-11(10)19-3/h4-5,8,12H,6-7,16H2,1-3H3. The topological polar surface area (TPSA) is 55.6 Å². The van der Waals surface area contributed by atoms with Crippen molar-refractivity contribution in [1.29, 1.82) is 0 Å². The van der Waals surface area contributed by atoms with E-state index >= 15 is 0 Å². The molecule has 1 amide bonds. The summed E-state index contributed by atoms with van der Waals surface area (Å²) in [6.07, 6.45) is 0.828. The summed E-state index contributed by atoms with van der Waals surface area (Å²) in [5, 5.41) is 0. The van der Waals surface area contributed by atoms with E-state index in [1.807, 2.05) is 24.8 Å². The molecule has 1 atom stereocenters. The number of hydrogen-bond acceptors (Lipinski definition) is 3. The van der Waals surface area contributed by atoms with Gasteiger partial charge in [-0.2, -0.15) is 0 Å². The Morgan fingerprint density at radius 2 is 2.21 bits per heavy atom. The van der Waals surface area contributed by atoms with Gasteiger partial charge in [0, 0.05) is 17.1 Å². The summed E-state index contributed by atoms with van der Waals surface area (Å²) < 4.78 is 6.14. The van der Waals surface area contributed by atoms with Crippen molar-refractivity contribution in [2.24, 2.45) is 5.73 Å². The molecule has 1 aromatic rings. The Hall–Kier alpha value is -1.07. The third-order valence-electron chi connectivity index (χ3n) is 3.90. The number of methoxy groups -OCH3 is 1. The van der Waals surface area contributed by atoms with Crippen molar-refractivity contribution in [2.45, 2.75) is 31.8 Å². The summed E-state index contributed by atoms with van der Waals surface area (Å²) >= 11 is 3.39. The van der Waals surface area contributed by atoms with Gasteiger partial charge in [-0.3, -0.25) is 4.79 Å². The van der Waals surface area contributed by atoms with Crippen LogP contribution in [0.4, 0.5) is 0 Å². The van der Waals surface area contributed by atoms with Gasteiger partial charge in [-0.05, 0) is 38.5 Å². The molecule has 2 rings (SSSR count). The number of hydrogen-bond donors (Lipinski definition) is 1. The van der Waals surface area contributed by atoms with Crippen molar-refractivity contribution in [3.63, 3.8) is 0 Å². The van der Waals surface area contributed by atoms with E-state index < -0.39 is 0 Å². The molecule has 2 N–H and O–H groups in total. The maximum Gasteiger partial charge on any atom is 0.258 e. The van der Waals surface area contributed by atoms with E-state index in [4.69, 9.17) is 10.5 Å². The first-order valence-corrected chi connectivity index (χ1v) is 7.08. The Labute approximate surface area is 122 Å². The lowest BCUT2D eigenvalue weighted by Crippen LogP contribution is -2.51. The molecule has 0 spiro atoms. The van der Waals surface area contributed by atoms with E-state index in [9.17, 15) is 4.79 Å². The van der Waals surface area contributed by atoms with Crippen LogP contribution in [0.15, 0.2) is 22.7 Å². The molecule has 1 heterocycles. The highest BCUT2D eigenvalue weighted by molar-refractivity contribution is 9.10. The number of nitrogens with zero attached hydrogens (tertiary/aromatic N) is 1. The van der Waals surface area contributed by atoms with Gasteiger partial charge in [0.25, 0.3) is 5.91 Å². The lowest BCUT2D eigenvalue weighted by Gasteiger charge is -2.34. The monoisotopic (exact) mass is 326 g/mol. The fourth-order valence-corrected chi connectivity index (χ4v) is 2.83. The largest absolute Gasteiger partial charge is 0.496 e. The van der Waals surface area contributed by atoms with Gasteiger partial charge in [-0.1, -0.05) is 15.9 Å². The minimum atomic E-state index is -0.329. The summed E-state index contributed by atoms with van der Waals surface area (Å²) in [4.78, 5) is 14.5. The zero-order valence-electron chi connectivity index (χ0n) is 11.4. The summed E-state index contributed by atoms with van der Waals surface area (Å²) in [6.45, 7) is 4.70. The molecular formula is C14H19BrN2O2. The molecule has 1 aliphatic heterocycles. The summed E-state index contributed by atoms with van der Waals surface area (Å²) in [6, 6.07) is 5.45. The van der Waals surface area contributed by atoms with Crippen LogP contribution in [-0.2, 0) is 0 Å². The number of likely N-dealkylation sites (tertiary alicyclic amines) is 1. The van der Waals surface area contributed by atoms with E-state index in [1.165, 1.54) is 0 Å². The maximum atomic E-state index is 12.7. The zero-order valence-corrected chi connectivity index (χ0v) is 13.0. The van der Waals surface area contributed by atoms with E-state index in [1.54, 1.807) is 19.2 Å². The van der Waals surface area contributed by atoms with Gasteiger partial charge in [0.2, 0.25) is 0 Å². The first-order chi connectivity index (χ1) is 8.87. The van der Waals surface area contributed by atoms with E-state index in [0.29, 0.717) is 17.9 Å². The molecule has 1 unspecified atom stereocenters. The Morgan fingerprint density at radius 1 is 1.53 bits per heavy atom. The van der Waals surface area contributed by atoms with E-state index in [2.05, 4.69) is 15.9 Å². The minimum absolute atomic E-state index is 0.00889. The summed E-state index contributed by atoms with van der Waals surface area (Å²) in [5.74, 6) is 0.556. The molecule has 1 aliphatic rings. The second kappa shape index (κ2) is 5.13. The van der Waals surface area contributed by atoms with Gasteiger partial charge in [0.05, 0.1) is 18.2 Å². The predicted octanol–water partition coefficient (Wildman–Crippen LogP) is 2.41.